The Kier molecular flexibility index (Phi) is 2.29. The molecule has 2 heterocycles. The molecule has 1 aliphatic rings. The van der Waals surface area contributed by atoms with Crippen molar-refractivity contribution in [3.8, 4) is 0 Å². The van der Waals surface area contributed by atoms with E-state index in [4.69, 9.17) is 9.52 Å². The van der Waals surface area contributed by atoms with Crippen molar-refractivity contribution in [2.45, 2.75) is 6.92 Å². The number of hydrogen-bond acceptors (Lipinski definition) is 3. The molecule has 1 N–H and O–H groups in total. The second-order valence-electron chi connectivity index (χ2n) is 3.69. The molecular formula is C10H13NO3. The molecule has 1 aromatic rings. The van der Waals surface area contributed by atoms with Crippen LogP contribution in [-0.2, 0) is 0 Å². The normalized spacial score (nSPS) is 16.9. The Bertz CT molecular complexity index is 339. The van der Waals surface area contributed by atoms with Gasteiger partial charge in [0.05, 0.1) is 6.26 Å². The molecule has 1 saturated heterocycles. The minimum absolute atomic E-state index is 0.0720. The summed E-state index contributed by atoms with van der Waals surface area (Å²) in [6.45, 7) is 3.27. The maximum atomic E-state index is 11.7. The summed E-state index contributed by atoms with van der Waals surface area (Å²) in [6.07, 6.45) is 1.52. The predicted octanol–water partition coefficient (Wildman–Crippen LogP) is 0.652. The van der Waals surface area contributed by atoms with Gasteiger partial charge in [0.2, 0.25) is 0 Å². The van der Waals surface area contributed by atoms with Gasteiger partial charge >= 0.3 is 0 Å². The number of carbonyl (C=O) groups excluding carboxylic acids is 1. The van der Waals surface area contributed by atoms with E-state index in [1.807, 2.05) is 6.92 Å². The molecule has 1 amide bonds. The van der Waals surface area contributed by atoms with Crippen LogP contribution in [0.2, 0.25) is 0 Å². The summed E-state index contributed by atoms with van der Waals surface area (Å²) in [5, 5.41) is 8.81. The van der Waals surface area contributed by atoms with Crippen molar-refractivity contribution in [2.24, 2.45) is 5.92 Å². The number of amides is 1. The molecule has 0 radical (unpaired) electrons. The van der Waals surface area contributed by atoms with E-state index in [1.165, 1.54) is 6.26 Å². The van der Waals surface area contributed by atoms with Crippen molar-refractivity contribution in [1.29, 1.82) is 0 Å². The quantitative estimate of drug-likeness (QED) is 0.754. The molecule has 0 aromatic carbocycles. The lowest BCUT2D eigenvalue weighted by Gasteiger charge is -2.37. The number of aliphatic hydroxyl groups excluding tert-OH is 1. The molecule has 1 fully saturated rings. The average molecular weight is 195 g/mol. The lowest BCUT2D eigenvalue weighted by Crippen LogP contribution is -2.51. The van der Waals surface area contributed by atoms with Gasteiger partial charge < -0.3 is 14.4 Å². The SMILES string of the molecule is Cc1ccoc1C(=O)N1CC(CO)C1. The van der Waals surface area contributed by atoms with Gasteiger partial charge in [-0.1, -0.05) is 0 Å². The average Bonchev–Trinajstić information content (AvgIpc) is 2.49. The third kappa shape index (κ3) is 1.42. The highest BCUT2D eigenvalue weighted by Crippen LogP contribution is 2.20. The fourth-order valence-electron chi connectivity index (χ4n) is 1.59. The lowest BCUT2D eigenvalue weighted by atomic mass is 10.0. The fraction of sp³-hybridized carbons (Fsp3) is 0.500. The van der Waals surface area contributed by atoms with Crippen molar-refractivity contribution in [2.75, 3.05) is 19.7 Å². The van der Waals surface area contributed by atoms with Gasteiger partial charge in [0, 0.05) is 31.2 Å². The monoisotopic (exact) mass is 195 g/mol. The standard InChI is InChI=1S/C10H13NO3/c1-7-2-3-14-9(7)10(13)11-4-8(5-11)6-12/h2-3,8,12H,4-6H2,1H3. The number of hydrogen-bond donors (Lipinski definition) is 1. The third-order valence-electron chi connectivity index (χ3n) is 2.56. The van der Waals surface area contributed by atoms with Gasteiger partial charge in [0.25, 0.3) is 5.91 Å². The van der Waals surface area contributed by atoms with E-state index >= 15 is 0 Å². The second kappa shape index (κ2) is 3.46. The first-order chi connectivity index (χ1) is 6.72. The van der Waals surface area contributed by atoms with Crippen LogP contribution in [0, 0.1) is 12.8 Å². The summed E-state index contributed by atoms with van der Waals surface area (Å²) in [7, 11) is 0. The number of aryl methyl sites for hydroxylation is 1. The Labute approximate surface area is 82.1 Å². The first-order valence-corrected chi connectivity index (χ1v) is 4.66. The first kappa shape index (κ1) is 9.27. The van der Waals surface area contributed by atoms with Gasteiger partial charge in [-0.25, -0.2) is 0 Å². The summed E-state index contributed by atoms with van der Waals surface area (Å²) in [5.74, 6) is 0.591. The van der Waals surface area contributed by atoms with E-state index in [0.29, 0.717) is 18.8 Å². The zero-order valence-electron chi connectivity index (χ0n) is 8.06. The van der Waals surface area contributed by atoms with Crippen LogP contribution < -0.4 is 0 Å². The number of likely N-dealkylation sites (tertiary alicyclic amines) is 1. The molecule has 0 atom stereocenters. The predicted molar refractivity (Wildman–Crippen MR) is 49.9 cm³/mol. The van der Waals surface area contributed by atoms with E-state index in [2.05, 4.69) is 0 Å². The number of aliphatic hydroxyl groups is 1. The van der Waals surface area contributed by atoms with Crippen molar-refractivity contribution in [3.05, 3.63) is 23.7 Å². The van der Waals surface area contributed by atoms with Crippen LogP contribution in [-0.4, -0.2) is 35.6 Å². The lowest BCUT2D eigenvalue weighted by molar-refractivity contribution is 0.0333. The maximum absolute atomic E-state index is 11.7. The van der Waals surface area contributed by atoms with Crippen molar-refractivity contribution < 1.29 is 14.3 Å². The van der Waals surface area contributed by atoms with Crippen molar-refractivity contribution in [1.82, 2.24) is 4.90 Å². The summed E-state index contributed by atoms with van der Waals surface area (Å²) >= 11 is 0. The largest absolute Gasteiger partial charge is 0.459 e. The second-order valence-corrected chi connectivity index (χ2v) is 3.69. The molecule has 0 bridgehead atoms. The molecule has 4 heteroatoms. The number of rotatable bonds is 2. The van der Waals surface area contributed by atoms with Crippen LogP contribution in [0.25, 0.3) is 0 Å². The molecule has 1 aromatic heterocycles. The Balaban J connectivity index is 2.01. The molecular weight excluding hydrogens is 182 g/mol. The Hall–Kier alpha value is -1.29. The zero-order chi connectivity index (χ0) is 10.1. The molecule has 14 heavy (non-hydrogen) atoms. The molecule has 76 valence electrons. The smallest absolute Gasteiger partial charge is 0.289 e. The van der Waals surface area contributed by atoms with Gasteiger partial charge in [-0.3, -0.25) is 4.79 Å². The minimum Gasteiger partial charge on any atom is -0.459 e. The Morgan fingerprint density at radius 3 is 2.93 bits per heavy atom. The number of nitrogens with zero attached hydrogens (tertiary/aromatic N) is 1. The van der Waals surface area contributed by atoms with Crippen LogP contribution in [0.15, 0.2) is 16.7 Å². The van der Waals surface area contributed by atoms with E-state index < -0.39 is 0 Å². The molecule has 1 aliphatic heterocycles. The summed E-state index contributed by atoms with van der Waals surface area (Å²) in [6, 6.07) is 1.77. The number of furan rings is 1. The fourth-order valence-corrected chi connectivity index (χ4v) is 1.59. The number of carbonyl (C=O) groups is 1. The molecule has 0 unspecified atom stereocenters. The summed E-state index contributed by atoms with van der Waals surface area (Å²) in [5.41, 5.74) is 0.863. The first-order valence-electron chi connectivity index (χ1n) is 4.66. The van der Waals surface area contributed by atoms with Gasteiger partial charge in [-0.2, -0.15) is 0 Å². The van der Waals surface area contributed by atoms with Crippen molar-refractivity contribution >= 4 is 5.91 Å². The zero-order valence-corrected chi connectivity index (χ0v) is 8.06. The highest BCUT2D eigenvalue weighted by molar-refractivity contribution is 5.93. The van der Waals surface area contributed by atoms with Crippen LogP contribution in [0.1, 0.15) is 16.1 Å². The Morgan fingerprint density at radius 2 is 2.43 bits per heavy atom. The van der Waals surface area contributed by atoms with Gasteiger partial charge in [-0.15, -0.1) is 0 Å². The van der Waals surface area contributed by atoms with Crippen molar-refractivity contribution in [3.63, 3.8) is 0 Å². The van der Waals surface area contributed by atoms with Gasteiger partial charge in [0.15, 0.2) is 5.76 Å². The minimum atomic E-state index is -0.0720. The molecule has 2 rings (SSSR count). The third-order valence-corrected chi connectivity index (χ3v) is 2.56. The van der Waals surface area contributed by atoms with E-state index in [0.717, 1.165) is 5.56 Å². The summed E-state index contributed by atoms with van der Waals surface area (Å²) in [4.78, 5) is 13.4. The highest BCUT2D eigenvalue weighted by Gasteiger charge is 2.32. The van der Waals surface area contributed by atoms with Crippen LogP contribution in [0.5, 0.6) is 0 Å². The van der Waals surface area contributed by atoms with E-state index in [1.54, 1.807) is 11.0 Å². The van der Waals surface area contributed by atoms with Crippen LogP contribution >= 0.6 is 0 Å². The maximum Gasteiger partial charge on any atom is 0.289 e. The highest BCUT2D eigenvalue weighted by atomic mass is 16.3. The Morgan fingerprint density at radius 1 is 1.71 bits per heavy atom. The molecule has 4 nitrogen and oxygen atoms in total. The molecule has 0 spiro atoms. The summed E-state index contributed by atoms with van der Waals surface area (Å²) < 4.78 is 5.10. The van der Waals surface area contributed by atoms with Gasteiger partial charge in [0.1, 0.15) is 0 Å². The van der Waals surface area contributed by atoms with Gasteiger partial charge in [-0.05, 0) is 13.0 Å². The topological polar surface area (TPSA) is 53.7 Å². The molecule has 0 saturated carbocycles. The van der Waals surface area contributed by atoms with E-state index in [-0.39, 0.29) is 18.4 Å². The molecule has 0 aliphatic carbocycles. The van der Waals surface area contributed by atoms with Crippen LogP contribution in [0.3, 0.4) is 0 Å². The van der Waals surface area contributed by atoms with Crippen LogP contribution in [0.4, 0.5) is 0 Å². The van der Waals surface area contributed by atoms with E-state index in [9.17, 15) is 4.79 Å².